The van der Waals surface area contributed by atoms with Gasteiger partial charge in [0.15, 0.2) is 0 Å². The summed E-state index contributed by atoms with van der Waals surface area (Å²) in [5, 5.41) is 12.2. The SMILES string of the molecule is Nc1cccc(Cl)c1C(=O)NCC1(CCO)CC1. The number of rotatable bonds is 5. The standard InChI is InChI=1S/C13H17ClN2O2/c14-9-2-1-3-10(15)11(9)12(18)16-8-13(4-5-13)6-7-17/h1-3,17H,4-8,15H2,(H,16,18). The number of carbonyl (C=O) groups is 1. The summed E-state index contributed by atoms with van der Waals surface area (Å²) in [4.78, 5) is 12.0. The molecule has 18 heavy (non-hydrogen) atoms. The first-order valence-electron chi connectivity index (χ1n) is 6.01. The van der Waals surface area contributed by atoms with Crippen molar-refractivity contribution in [2.24, 2.45) is 5.41 Å². The molecule has 0 aliphatic heterocycles. The van der Waals surface area contributed by atoms with Gasteiger partial charge < -0.3 is 16.2 Å². The summed E-state index contributed by atoms with van der Waals surface area (Å²) in [6.07, 6.45) is 2.82. The summed E-state index contributed by atoms with van der Waals surface area (Å²) in [7, 11) is 0. The molecule has 0 heterocycles. The Balaban J connectivity index is 2.00. The number of halogens is 1. The monoisotopic (exact) mass is 268 g/mol. The summed E-state index contributed by atoms with van der Waals surface area (Å²) >= 11 is 5.97. The van der Waals surface area contributed by atoms with Crippen molar-refractivity contribution in [3.63, 3.8) is 0 Å². The van der Waals surface area contributed by atoms with Gasteiger partial charge in [0.2, 0.25) is 0 Å². The first kappa shape index (κ1) is 13.2. The van der Waals surface area contributed by atoms with Gasteiger partial charge in [-0.25, -0.2) is 0 Å². The molecule has 0 unspecified atom stereocenters. The highest BCUT2D eigenvalue weighted by molar-refractivity contribution is 6.34. The number of aliphatic hydroxyl groups excluding tert-OH is 1. The minimum absolute atomic E-state index is 0.0838. The van der Waals surface area contributed by atoms with Gasteiger partial charge in [-0.05, 0) is 36.8 Å². The van der Waals surface area contributed by atoms with Crippen molar-refractivity contribution in [3.8, 4) is 0 Å². The molecule has 98 valence electrons. The summed E-state index contributed by atoms with van der Waals surface area (Å²) in [6, 6.07) is 5.01. The van der Waals surface area contributed by atoms with E-state index in [1.54, 1.807) is 18.2 Å². The molecule has 0 spiro atoms. The predicted octanol–water partition coefficient (Wildman–Crippen LogP) is 1.81. The molecule has 0 radical (unpaired) electrons. The fraction of sp³-hybridized carbons (Fsp3) is 0.462. The molecule has 1 aliphatic carbocycles. The van der Waals surface area contributed by atoms with E-state index < -0.39 is 0 Å². The molecular formula is C13H17ClN2O2. The Labute approximate surface area is 111 Å². The van der Waals surface area contributed by atoms with Crippen molar-refractivity contribution in [3.05, 3.63) is 28.8 Å². The van der Waals surface area contributed by atoms with E-state index in [2.05, 4.69) is 5.32 Å². The Bertz CT molecular complexity index is 438. The van der Waals surface area contributed by atoms with Crippen LogP contribution < -0.4 is 11.1 Å². The van der Waals surface area contributed by atoms with E-state index in [4.69, 9.17) is 22.4 Å². The predicted molar refractivity (Wildman–Crippen MR) is 71.6 cm³/mol. The summed E-state index contributed by atoms with van der Waals surface area (Å²) < 4.78 is 0. The van der Waals surface area contributed by atoms with Crippen molar-refractivity contribution in [2.75, 3.05) is 18.9 Å². The van der Waals surface area contributed by atoms with Crippen molar-refractivity contribution in [1.29, 1.82) is 0 Å². The number of nitrogens with one attached hydrogen (secondary N) is 1. The number of nitrogens with two attached hydrogens (primary N) is 1. The lowest BCUT2D eigenvalue weighted by molar-refractivity contribution is 0.0942. The van der Waals surface area contributed by atoms with Crippen molar-refractivity contribution < 1.29 is 9.90 Å². The summed E-state index contributed by atoms with van der Waals surface area (Å²) in [6.45, 7) is 0.723. The zero-order valence-electron chi connectivity index (χ0n) is 10.1. The molecule has 0 aromatic heterocycles. The highest BCUT2D eigenvalue weighted by Gasteiger charge is 2.42. The molecule has 0 bridgehead atoms. The van der Waals surface area contributed by atoms with Gasteiger partial charge in [-0.2, -0.15) is 0 Å². The van der Waals surface area contributed by atoms with Gasteiger partial charge in [0.25, 0.3) is 5.91 Å². The lowest BCUT2D eigenvalue weighted by Crippen LogP contribution is -2.31. The Kier molecular flexibility index (Phi) is 3.78. The number of carbonyl (C=O) groups excluding carboxylic acids is 1. The second kappa shape index (κ2) is 5.16. The van der Waals surface area contributed by atoms with E-state index in [0.717, 1.165) is 19.3 Å². The highest BCUT2D eigenvalue weighted by atomic mass is 35.5. The van der Waals surface area contributed by atoms with E-state index in [1.165, 1.54) is 0 Å². The van der Waals surface area contributed by atoms with Crippen molar-refractivity contribution in [2.45, 2.75) is 19.3 Å². The minimum atomic E-state index is -0.248. The molecule has 5 heteroatoms. The van der Waals surface area contributed by atoms with E-state index in [1.807, 2.05) is 0 Å². The van der Waals surface area contributed by atoms with Crippen LogP contribution in [0.25, 0.3) is 0 Å². The molecule has 1 aromatic rings. The van der Waals surface area contributed by atoms with Crippen molar-refractivity contribution in [1.82, 2.24) is 5.32 Å². The third kappa shape index (κ3) is 2.76. The normalized spacial score (nSPS) is 16.3. The number of hydrogen-bond acceptors (Lipinski definition) is 3. The number of amides is 1. The van der Waals surface area contributed by atoms with E-state index in [0.29, 0.717) is 22.8 Å². The van der Waals surface area contributed by atoms with Crippen LogP contribution in [0.3, 0.4) is 0 Å². The number of anilines is 1. The smallest absolute Gasteiger partial charge is 0.254 e. The van der Waals surface area contributed by atoms with Crippen LogP contribution in [0.4, 0.5) is 5.69 Å². The van der Waals surface area contributed by atoms with Gasteiger partial charge in [0.1, 0.15) is 0 Å². The van der Waals surface area contributed by atoms with Crippen LogP contribution in [-0.2, 0) is 0 Å². The topological polar surface area (TPSA) is 75.4 Å². The van der Waals surface area contributed by atoms with E-state index >= 15 is 0 Å². The zero-order chi connectivity index (χ0) is 13.2. The Morgan fingerprint density at radius 1 is 1.50 bits per heavy atom. The molecule has 1 saturated carbocycles. The van der Waals surface area contributed by atoms with Crippen LogP contribution in [0.2, 0.25) is 5.02 Å². The van der Waals surface area contributed by atoms with Crippen LogP contribution >= 0.6 is 11.6 Å². The van der Waals surface area contributed by atoms with Gasteiger partial charge in [0.05, 0.1) is 10.6 Å². The first-order chi connectivity index (χ1) is 8.58. The fourth-order valence-corrected chi connectivity index (χ4v) is 2.33. The summed E-state index contributed by atoms with van der Waals surface area (Å²) in [5.41, 5.74) is 6.55. The first-order valence-corrected chi connectivity index (χ1v) is 6.39. The van der Waals surface area contributed by atoms with E-state index in [-0.39, 0.29) is 17.9 Å². The second-order valence-corrected chi connectivity index (χ2v) is 5.27. The fourth-order valence-electron chi connectivity index (χ4n) is 2.07. The van der Waals surface area contributed by atoms with Gasteiger partial charge in [0, 0.05) is 18.8 Å². The molecule has 1 amide bonds. The third-order valence-electron chi connectivity index (χ3n) is 3.50. The Hall–Kier alpha value is -1.26. The van der Waals surface area contributed by atoms with Gasteiger partial charge in [-0.1, -0.05) is 17.7 Å². The largest absolute Gasteiger partial charge is 0.398 e. The average molecular weight is 269 g/mol. The molecule has 1 aromatic carbocycles. The van der Waals surface area contributed by atoms with Crippen molar-refractivity contribution >= 4 is 23.2 Å². The zero-order valence-corrected chi connectivity index (χ0v) is 10.8. The average Bonchev–Trinajstić information content (AvgIpc) is 3.07. The van der Waals surface area contributed by atoms with Crippen LogP contribution in [0.5, 0.6) is 0 Å². The lowest BCUT2D eigenvalue weighted by atomic mass is 10.0. The maximum absolute atomic E-state index is 12.0. The van der Waals surface area contributed by atoms with Gasteiger partial charge in [-0.15, -0.1) is 0 Å². The molecule has 4 nitrogen and oxygen atoms in total. The van der Waals surface area contributed by atoms with Gasteiger partial charge in [-0.3, -0.25) is 4.79 Å². The Morgan fingerprint density at radius 3 is 2.78 bits per heavy atom. The molecule has 0 atom stereocenters. The van der Waals surface area contributed by atoms with Crippen LogP contribution in [0.15, 0.2) is 18.2 Å². The molecule has 2 rings (SSSR count). The summed E-state index contributed by atoms with van der Waals surface area (Å²) in [5.74, 6) is -0.248. The number of hydrogen-bond donors (Lipinski definition) is 3. The second-order valence-electron chi connectivity index (χ2n) is 4.86. The molecule has 4 N–H and O–H groups in total. The number of nitrogen functional groups attached to an aromatic ring is 1. The van der Waals surface area contributed by atoms with Gasteiger partial charge >= 0.3 is 0 Å². The lowest BCUT2D eigenvalue weighted by Gasteiger charge is -2.15. The molecule has 0 saturated heterocycles. The maximum Gasteiger partial charge on any atom is 0.254 e. The number of benzene rings is 1. The molecular weight excluding hydrogens is 252 g/mol. The highest BCUT2D eigenvalue weighted by Crippen LogP contribution is 2.47. The molecule has 1 fully saturated rings. The Morgan fingerprint density at radius 2 is 2.22 bits per heavy atom. The quantitative estimate of drug-likeness (QED) is 0.713. The van der Waals surface area contributed by atoms with Crippen LogP contribution in [0, 0.1) is 5.41 Å². The van der Waals surface area contributed by atoms with E-state index in [9.17, 15) is 4.79 Å². The maximum atomic E-state index is 12.0. The van der Waals surface area contributed by atoms with Crippen LogP contribution in [-0.4, -0.2) is 24.2 Å². The number of aliphatic hydroxyl groups is 1. The molecule has 1 aliphatic rings. The third-order valence-corrected chi connectivity index (χ3v) is 3.81. The van der Waals surface area contributed by atoms with Crippen LogP contribution in [0.1, 0.15) is 29.6 Å². The minimum Gasteiger partial charge on any atom is -0.398 e.